The molecule has 0 aliphatic heterocycles. The lowest BCUT2D eigenvalue weighted by molar-refractivity contribution is -0.117. The summed E-state index contributed by atoms with van der Waals surface area (Å²) in [6, 6.07) is 7.39. The monoisotopic (exact) mass is 410 g/mol. The predicted octanol–water partition coefficient (Wildman–Crippen LogP) is 3.56. The van der Waals surface area contributed by atoms with Gasteiger partial charge in [0, 0.05) is 11.0 Å². The van der Waals surface area contributed by atoms with Gasteiger partial charge in [0.25, 0.3) is 0 Å². The van der Waals surface area contributed by atoms with E-state index in [9.17, 15) is 9.59 Å². The van der Waals surface area contributed by atoms with Crippen molar-refractivity contribution in [2.45, 2.75) is 24.9 Å². The van der Waals surface area contributed by atoms with Gasteiger partial charge >= 0.3 is 6.03 Å². The first kappa shape index (κ1) is 18.5. The van der Waals surface area contributed by atoms with E-state index in [2.05, 4.69) is 36.5 Å². The summed E-state index contributed by atoms with van der Waals surface area (Å²) in [6.45, 7) is 2.60. The molecular formula is C16H19BrN4O2S. The van der Waals surface area contributed by atoms with E-state index in [1.807, 2.05) is 31.2 Å². The molecule has 0 spiro atoms. The van der Waals surface area contributed by atoms with Gasteiger partial charge in [-0.05, 0) is 24.1 Å². The number of rotatable bonds is 7. The van der Waals surface area contributed by atoms with Crippen LogP contribution in [0.25, 0.3) is 11.3 Å². The van der Waals surface area contributed by atoms with Gasteiger partial charge in [-0.15, -0.1) is 0 Å². The minimum Gasteiger partial charge on any atom is -0.338 e. The lowest BCUT2D eigenvalue weighted by atomic mass is 10.2. The smallest absolute Gasteiger partial charge is 0.321 e. The van der Waals surface area contributed by atoms with E-state index in [0.29, 0.717) is 11.7 Å². The third-order valence-corrected chi connectivity index (χ3v) is 4.53. The van der Waals surface area contributed by atoms with Gasteiger partial charge < -0.3 is 10.3 Å². The van der Waals surface area contributed by atoms with Gasteiger partial charge in [0.2, 0.25) is 5.91 Å². The highest BCUT2D eigenvalue weighted by Crippen LogP contribution is 2.22. The molecule has 0 saturated heterocycles. The molecule has 0 aliphatic rings. The number of carbonyl (C=O) groups is 2. The number of imidazole rings is 1. The van der Waals surface area contributed by atoms with Crippen molar-refractivity contribution in [2.75, 3.05) is 12.3 Å². The van der Waals surface area contributed by atoms with Gasteiger partial charge in [-0.3, -0.25) is 10.1 Å². The molecule has 0 atom stereocenters. The van der Waals surface area contributed by atoms with Crippen LogP contribution in [-0.4, -0.2) is 34.2 Å². The van der Waals surface area contributed by atoms with Crippen LogP contribution in [0.2, 0.25) is 0 Å². The largest absolute Gasteiger partial charge is 0.338 e. The van der Waals surface area contributed by atoms with E-state index < -0.39 is 6.03 Å². The van der Waals surface area contributed by atoms with Crippen molar-refractivity contribution in [3.63, 3.8) is 0 Å². The zero-order valence-electron chi connectivity index (χ0n) is 13.3. The molecule has 0 radical (unpaired) electrons. The van der Waals surface area contributed by atoms with Crippen LogP contribution < -0.4 is 10.6 Å². The van der Waals surface area contributed by atoms with Crippen molar-refractivity contribution in [1.29, 1.82) is 0 Å². The lowest BCUT2D eigenvalue weighted by Gasteiger charge is -2.05. The molecule has 3 amide bonds. The molecular weight excluding hydrogens is 392 g/mol. The number of carbonyl (C=O) groups excluding carboxylic acids is 2. The average Bonchev–Trinajstić information content (AvgIpc) is 3.03. The number of H-pyrrole nitrogens is 1. The Hall–Kier alpha value is -1.80. The number of benzene rings is 1. The molecule has 1 aromatic heterocycles. The van der Waals surface area contributed by atoms with Gasteiger partial charge in [0.1, 0.15) is 0 Å². The van der Waals surface area contributed by atoms with Crippen molar-refractivity contribution >= 4 is 39.6 Å². The lowest BCUT2D eigenvalue weighted by Crippen LogP contribution is -2.40. The quantitative estimate of drug-likeness (QED) is 0.480. The van der Waals surface area contributed by atoms with Crippen LogP contribution in [0.3, 0.4) is 0 Å². The van der Waals surface area contributed by atoms with Crippen LogP contribution in [0.15, 0.2) is 40.1 Å². The first-order chi connectivity index (χ1) is 11.6. The third-order valence-electron chi connectivity index (χ3n) is 3.12. The first-order valence-corrected chi connectivity index (χ1v) is 9.37. The Kier molecular flexibility index (Phi) is 7.33. The predicted molar refractivity (Wildman–Crippen MR) is 98.9 cm³/mol. The number of nitrogens with zero attached hydrogens (tertiary/aromatic N) is 1. The molecule has 0 bridgehead atoms. The van der Waals surface area contributed by atoms with Crippen LogP contribution in [0.4, 0.5) is 4.79 Å². The molecule has 0 aliphatic carbocycles. The number of thioether (sulfide) groups is 1. The maximum atomic E-state index is 11.7. The normalized spacial score (nSPS) is 10.4. The molecule has 2 rings (SSSR count). The standard InChI is InChI=1S/C16H19BrN4O2S/c1-2-3-8-18-15(23)21-14(22)10-24-16-19-9-13(20-16)11-4-6-12(17)7-5-11/h4-7,9H,2-3,8,10H2,1H3,(H,19,20)(H2,18,21,22,23). The maximum absolute atomic E-state index is 11.7. The van der Waals surface area contributed by atoms with Crippen molar-refractivity contribution < 1.29 is 9.59 Å². The number of nitrogens with one attached hydrogen (secondary N) is 3. The topological polar surface area (TPSA) is 86.9 Å². The fourth-order valence-electron chi connectivity index (χ4n) is 1.87. The van der Waals surface area contributed by atoms with Gasteiger partial charge in [0.05, 0.1) is 17.6 Å². The molecule has 3 N–H and O–H groups in total. The molecule has 0 fully saturated rings. The Morgan fingerprint density at radius 1 is 1.29 bits per heavy atom. The fraction of sp³-hybridized carbons (Fsp3) is 0.312. The second-order valence-electron chi connectivity index (χ2n) is 5.06. The summed E-state index contributed by atoms with van der Waals surface area (Å²) in [5.41, 5.74) is 1.89. The zero-order chi connectivity index (χ0) is 17.4. The fourth-order valence-corrected chi connectivity index (χ4v) is 2.79. The van der Waals surface area contributed by atoms with Gasteiger partial charge in [-0.1, -0.05) is 53.2 Å². The van der Waals surface area contributed by atoms with Crippen molar-refractivity contribution in [3.8, 4) is 11.3 Å². The summed E-state index contributed by atoms with van der Waals surface area (Å²) in [6.07, 6.45) is 3.60. The van der Waals surface area contributed by atoms with Gasteiger partial charge in [0.15, 0.2) is 5.16 Å². The molecule has 1 heterocycles. The molecule has 1 aromatic carbocycles. The number of hydrogen-bond donors (Lipinski definition) is 3. The van der Waals surface area contributed by atoms with Crippen molar-refractivity contribution in [2.24, 2.45) is 0 Å². The van der Waals surface area contributed by atoms with E-state index in [1.54, 1.807) is 6.20 Å². The highest BCUT2D eigenvalue weighted by molar-refractivity contribution is 9.10. The zero-order valence-corrected chi connectivity index (χ0v) is 15.7. The average molecular weight is 411 g/mol. The highest BCUT2D eigenvalue weighted by Gasteiger charge is 2.10. The van der Waals surface area contributed by atoms with Crippen LogP contribution in [-0.2, 0) is 4.79 Å². The number of aromatic nitrogens is 2. The summed E-state index contributed by atoms with van der Waals surface area (Å²) in [4.78, 5) is 30.6. The van der Waals surface area contributed by atoms with E-state index in [4.69, 9.17) is 0 Å². The highest BCUT2D eigenvalue weighted by atomic mass is 79.9. The summed E-state index contributed by atoms with van der Waals surface area (Å²) < 4.78 is 1.01. The van der Waals surface area contributed by atoms with Crippen LogP contribution in [0, 0.1) is 0 Å². The van der Waals surface area contributed by atoms with Crippen molar-refractivity contribution in [3.05, 3.63) is 34.9 Å². The third kappa shape index (κ3) is 6.01. The molecule has 0 saturated carbocycles. The summed E-state index contributed by atoms with van der Waals surface area (Å²) in [7, 11) is 0. The number of imide groups is 1. The minimum absolute atomic E-state index is 0.120. The second-order valence-corrected chi connectivity index (χ2v) is 6.93. The Morgan fingerprint density at radius 2 is 2.04 bits per heavy atom. The van der Waals surface area contributed by atoms with Crippen LogP contribution in [0.1, 0.15) is 19.8 Å². The molecule has 2 aromatic rings. The number of amides is 3. The molecule has 6 nitrogen and oxygen atoms in total. The number of hydrogen-bond acceptors (Lipinski definition) is 4. The Morgan fingerprint density at radius 3 is 2.75 bits per heavy atom. The molecule has 0 unspecified atom stereocenters. The number of unbranched alkanes of at least 4 members (excludes halogenated alkanes) is 1. The second kappa shape index (κ2) is 9.48. The number of halogens is 1. The van der Waals surface area contributed by atoms with Gasteiger partial charge in [-0.25, -0.2) is 9.78 Å². The van der Waals surface area contributed by atoms with Crippen LogP contribution in [0.5, 0.6) is 0 Å². The maximum Gasteiger partial charge on any atom is 0.321 e. The Balaban J connectivity index is 1.79. The van der Waals surface area contributed by atoms with E-state index >= 15 is 0 Å². The summed E-state index contributed by atoms with van der Waals surface area (Å²) in [5.74, 6) is -0.232. The molecule has 128 valence electrons. The Bertz CT molecular complexity index is 688. The van der Waals surface area contributed by atoms with Crippen LogP contribution >= 0.6 is 27.7 Å². The van der Waals surface area contributed by atoms with Gasteiger partial charge in [-0.2, -0.15) is 0 Å². The van der Waals surface area contributed by atoms with Crippen molar-refractivity contribution in [1.82, 2.24) is 20.6 Å². The van der Waals surface area contributed by atoms with E-state index in [-0.39, 0.29) is 11.7 Å². The number of aromatic amines is 1. The molecule has 8 heteroatoms. The summed E-state index contributed by atoms with van der Waals surface area (Å²) >= 11 is 4.65. The first-order valence-electron chi connectivity index (χ1n) is 7.60. The SMILES string of the molecule is CCCCNC(=O)NC(=O)CSc1ncc(-c2ccc(Br)cc2)[nH]1. The Labute approximate surface area is 153 Å². The number of urea groups is 1. The summed E-state index contributed by atoms with van der Waals surface area (Å²) in [5, 5.41) is 5.57. The van der Waals surface area contributed by atoms with E-state index in [0.717, 1.165) is 28.6 Å². The van der Waals surface area contributed by atoms with E-state index in [1.165, 1.54) is 11.8 Å². The minimum atomic E-state index is -0.455. The molecule has 24 heavy (non-hydrogen) atoms.